The third kappa shape index (κ3) is 3.43. The highest BCUT2D eigenvalue weighted by Gasteiger charge is 2.43. The first-order valence-corrected chi connectivity index (χ1v) is 7.81. The highest BCUT2D eigenvalue weighted by molar-refractivity contribution is 5.73. The lowest BCUT2D eigenvalue weighted by atomic mass is 9.74. The zero-order chi connectivity index (χ0) is 17.4. The smallest absolute Gasteiger partial charge is 0.216 e. The number of nitrogens with one attached hydrogen (secondary N) is 1. The Hall–Kier alpha value is -1.79. The van der Waals surface area contributed by atoms with Crippen LogP contribution < -0.4 is 11.1 Å². The van der Waals surface area contributed by atoms with Crippen molar-refractivity contribution in [2.45, 2.75) is 45.8 Å². The first-order valence-electron chi connectivity index (χ1n) is 7.81. The predicted molar refractivity (Wildman–Crippen MR) is 87.3 cm³/mol. The fourth-order valence-electron chi connectivity index (χ4n) is 3.23. The number of hydrogen-bond donors (Lipinski definition) is 4. The number of nitrogens with two attached hydrogens (primary N) is 1. The first kappa shape index (κ1) is 17.6. The van der Waals surface area contributed by atoms with Crippen molar-refractivity contribution >= 4 is 5.91 Å². The summed E-state index contributed by atoms with van der Waals surface area (Å²) in [7, 11) is 0. The lowest BCUT2D eigenvalue weighted by Crippen LogP contribution is -2.45. The van der Waals surface area contributed by atoms with Crippen LogP contribution in [-0.2, 0) is 9.53 Å². The Balaban J connectivity index is 2.57. The highest BCUT2D eigenvalue weighted by atomic mass is 16.5. The number of rotatable bonds is 3. The zero-order valence-electron chi connectivity index (χ0n) is 14.1. The van der Waals surface area contributed by atoms with Crippen LogP contribution in [0.4, 0.5) is 0 Å². The summed E-state index contributed by atoms with van der Waals surface area (Å²) in [6.07, 6.45) is -0.614. The summed E-state index contributed by atoms with van der Waals surface area (Å²) >= 11 is 0. The molecule has 6 nitrogen and oxygen atoms in total. The highest BCUT2D eigenvalue weighted by Crippen LogP contribution is 2.49. The molecule has 1 aliphatic rings. The number of ether oxygens (including phenoxy) is 1. The number of phenolic OH excluding ortho intramolecular Hbond substituents is 2. The lowest BCUT2D eigenvalue weighted by Gasteiger charge is -2.44. The second-order valence-electron chi connectivity index (χ2n) is 7.13. The van der Waals surface area contributed by atoms with Gasteiger partial charge in [0.1, 0.15) is 0 Å². The van der Waals surface area contributed by atoms with Crippen molar-refractivity contribution in [1.82, 2.24) is 5.32 Å². The van der Waals surface area contributed by atoms with E-state index in [2.05, 4.69) is 5.32 Å². The average molecular weight is 322 g/mol. The molecule has 0 unspecified atom stereocenters. The van der Waals surface area contributed by atoms with Crippen LogP contribution in [0.15, 0.2) is 12.1 Å². The largest absolute Gasteiger partial charge is 0.504 e. The maximum absolute atomic E-state index is 11.3. The second-order valence-corrected chi connectivity index (χ2v) is 7.13. The van der Waals surface area contributed by atoms with E-state index in [-0.39, 0.29) is 47.5 Å². The van der Waals surface area contributed by atoms with Gasteiger partial charge in [0.15, 0.2) is 11.5 Å². The van der Waals surface area contributed by atoms with E-state index < -0.39 is 0 Å². The minimum atomic E-state index is -0.352. The van der Waals surface area contributed by atoms with Gasteiger partial charge in [0, 0.05) is 31.5 Å². The van der Waals surface area contributed by atoms with Crippen LogP contribution in [0, 0.1) is 5.41 Å². The van der Waals surface area contributed by atoms with E-state index in [1.54, 1.807) is 6.07 Å². The molecule has 0 radical (unpaired) electrons. The number of hydrogen-bond acceptors (Lipinski definition) is 5. The molecular weight excluding hydrogens is 296 g/mol. The molecule has 6 heteroatoms. The first-order chi connectivity index (χ1) is 10.7. The van der Waals surface area contributed by atoms with Crippen molar-refractivity contribution in [3.63, 3.8) is 0 Å². The predicted octanol–water partition coefficient (Wildman–Crippen LogP) is 1.76. The monoisotopic (exact) mass is 322 g/mol. The summed E-state index contributed by atoms with van der Waals surface area (Å²) in [5.41, 5.74) is 6.98. The van der Waals surface area contributed by atoms with Crippen LogP contribution in [0.3, 0.4) is 0 Å². The molecule has 5 N–H and O–H groups in total. The summed E-state index contributed by atoms with van der Waals surface area (Å²) in [5, 5.41) is 23.1. The van der Waals surface area contributed by atoms with Crippen molar-refractivity contribution in [3.05, 3.63) is 23.3 Å². The van der Waals surface area contributed by atoms with E-state index in [4.69, 9.17) is 10.5 Å². The molecule has 2 rings (SSSR count). The SMILES string of the molecule is CC(=O)NC[C@H]1c2c(ccc(O)c2O)[C@H](CN)O[C@@H]1C(C)(C)C. The molecule has 1 heterocycles. The normalized spacial score (nSPS) is 24.1. The number of benzene rings is 1. The van der Waals surface area contributed by atoms with Gasteiger partial charge in [0.2, 0.25) is 5.91 Å². The van der Waals surface area contributed by atoms with Gasteiger partial charge < -0.3 is 26.0 Å². The summed E-state index contributed by atoms with van der Waals surface area (Å²) in [5.74, 6) is -0.764. The van der Waals surface area contributed by atoms with E-state index >= 15 is 0 Å². The maximum Gasteiger partial charge on any atom is 0.216 e. The fraction of sp³-hybridized carbons (Fsp3) is 0.588. The topological polar surface area (TPSA) is 105 Å². The lowest BCUT2D eigenvalue weighted by molar-refractivity contribution is -0.120. The molecule has 0 aliphatic carbocycles. The van der Waals surface area contributed by atoms with Gasteiger partial charge in [0.05, 0.1) is 12.2 Å². The van der Waals surface area contributed by atoms with Gasteiger partial charge in [-0.05, 0) is 17.0 Å². The number of phenols is 2. The van der Waals surface area contributed by atoms with Crippen molar-refractivity contribution in [1.29, 1.82) is 0 Å². The van der Waals surface area contributed by atoms with Gasteiger partial charge in [0.25, 0.3) is 0 Å². The number of fused-ring (bicyclic) bond motifs is 1. The molecule has 0 bridgehead atoms. The minimum Gasteiger partial charge on any atom is -0.504 e. The number of amides is 1. The van der Waals surface area contributed by atoms with Gasteiger partial charge >= 0.3 is 0 Å². The van der Waals surface area contributed by atoms with Gasteiger partial charge in [-0.1, -0.05) is 26.8 Å². The Morgan fingerprint density at radius 1 is 1.35 bits per heavy atom. The molecule has 23 heavy (non-hydrogen) atoms. The van der Waals surface area contributed by atoms with Gasteiger partial charge in [-0.15, -0.1) is 0 Å². The Bertz CT molecular complexity index is 595. The molecular formula is C17H26N2O4. The summed E-state index contributed by atoms with van der Waals surface area (Å²) in [6.45, 7) is 8.15. The molecule has 0 aromatic heterocycles. The zero-order valence-corrected chi connectivity index (χ0v) is 14.1. The van der Waals surface area contributed by atoms with Gasteiger partial charge in [-0.3, -0.25) is 4.79 Å². The molecule has 0 spiro atoms. The molecule has 0 saturated carbocycles. The molecule has 128 valence electrons. The third-order valence-corrected chi connectivity index (χ3v) is 4.26. The van der Waals surface area contributed by atoms with E-state index in [9.17, 15) is 15.0 Å². The standard InChI is InChI=1S/C17H26N2O4/c1-9(20)19-8-11-14-10(5-6-12(21)15(14)22)13(7-18)23-16(11)17(2,3)4/h5-6,11,13,16,21-22H,7-8,18H2,1-4H3,(H,19,20)/t11-,13-,16-/m0/s1. The van der Waals surface area contributed by atoms with E-state index in [0.29, 0.717) is 12.1 Å². The molecule has 1 aliphatic heterocycles. The molecule has 3 atom stereocenters. The third-order valence-electron chi connectivity index (χ3n) is 4.26. The summed E-state index contributed by atoms with van der Waals surface area (Å²) in [4.78, 5) is 11.3. The number of carbonyl (C=O) groups is 1. The second kappa shape index (κ2) is 6.37. The van der Waals surface area contributed by atoms with Crippen LogP contribution in [0.5, 0.6) is 11.5 Å². The average Bonchev–Trinajstić information content (AvgIpc) is 2.46. The van der Waals surface area contributed by atoms with Crippen LogP contribution in [0.25, 0.3) is 0 Å². The number of aromatic hydroxyl groups is 2. The Kier molecular flexibility index (Phi) is 4.87. The van der Waals surface area contributed by atoms with Gasteiger partial charge in [-0.25, -0.2) is 0 Å². The molecule has 1 amide bonds. The van der Waals surface area contributed by atoms with Crippen LogP contribution >= 0.6 is 0 Å². The van der Waals surface area contributed by atoms with Crippen LogP contribution in [0.1, 0.15) is 50.8 Å². The van der Waals surface area contributed by atoms with Crippen LogP contribution in [-0.4, -0.2) is 35.3 Å². The Morgan fingerprint density at radius 3 is 2.52 bits per heavy atom. The maximum atomic E-state index is 11.3. The van der Waals surface area contributed by atoms with Gasteiger partial charge in [-0.2, -0.15) is 0 Å². The van der Waals surface area contributed by atoms with Crippen molar-refractivity contribution in [2.24, 2.45) is 11.1 Å². The van der Waals surface area contributed by atoms with Crippen molar-refractivity contribution in [2.75, 3.05) is 13.1 Å². The van der Waals surface area contributed by atoms with Crippen molar-refractivity contribution in [3.8, 4) is 11.5 Å². The molecule has 1 aromatic carbocycles. The quantitative estimate of drug-likeness (QED) is 0.635. The van der Waals surface area contributed by atoms with E-state index in [1.807, 2.05) is 20.8 Å². The Labute approximate surface area is 136 Å². The van der Waals surface area contributed by atoms with E-state index in [1.165, 1.54) is 13.0 Å². The molecule has 0 fully saturated rings. The summed E-state index contributed by atoms with van der Waals surface area (Å²) < 4.78 is 6.20. The van der Waals surface area contributed by atoms with E-state index in [0.717, 1.165) is 5.56 Å². The van der Waals surface area contributed by atoms with Crippen LogP contribution in [0.2, 0.25) is 0 Å². The summed E-state index contributed by atoms with van der Waals surface area (Å²) in [6, 6.07) is 3.16. The fourth-order valence-corrected chi connectivity index (χ4v) is 3.23. The molecule has 1 aromatic rings. The number of carbonyl (C=O) groups excluding carboxylic acids is 1. The Morgan fingerprint density at radius 2 is 2.00 bits per heavy atom. The minimum absolute atomic E-state index is 0.153. The molecule has 0 saturated heterocycles. The van der Waals surface area contributed by atoms with Crippen molar-refractivity contribution < 1.29 is 19.7 Å².